The van der Waals surface area contributed by atoms with Crippen LogP contribution >= 0.6 is 0 Å². The molecule has 2 heterocycles. The quantitative estimate of drug-likeness (QED) is 0.358. The Bertz CT molecular complexity index is 416. The molecule has 0 bridgehead atoms. The number of ether oxygens (including phenoxy) is 7. The van der Waals surface area contributed by atoms with Gasteiger partial charge in [-0.1, -0.05) is 40.5 Å². The van der Waals surface area contributed by atoms with Crippen molar-refractivity contribution in [1.82, 2.24) is 0 Å². The Morgan fingerprint density at radius 1 is 0.613 bits per heavy atom. The van der Waals surface area contributed by atoms with Crippen molar-refractivity contribution in [2.24, 2.45) is 0 Å². The van der Waals surface area contributed by atoms with Crippen LogP contribution in [0.3, 0.4) is 0 Å². The van der Waals surface area contributed by atoms with E-state index < -0.39 is 0 Å². The molecule has 7 nitrogen and oxygen atoms in total. The van der Waals surface area contributed by atoms with Crippen LogP contribution in [-0.4, -0.2) is 89.5 Å². The van der Waals surface area contributed by atoms with E-state index in [0.717, 1.165) is 25.7 Å². The minimum atomic E-state index is -0.0380. The normalized spacial score (nSPS) is 28.2. The average molecular weight is 447 g/mol. The molecule has 0 N–H and O–H groups in total. The van der Waals surface area contributed by atoms with Crippen molar-refractivity contribution >= 4 is 0 Å². The van der Waals surface area contributed by atoms with Gasteiger partial charge in [-0.2, -0.15) is 0 Å². The molecule has 2 fully saturated rings. The lowest BCUT2D eigenvalue weighted by atomic mass is 10.1. The molecule has 2 rings (SSSR count). The summed E-state index contributed by atoms with van der Waals surface area (Å²) in [6.45, 7) is 13.1. The first kappa shape index (κ1) is 27.0. The Hall–Kier alpha value is -0.280. The molecule has 0 amide bonds. The van der Waals surface area contributed by atoms with Gasteiger partial charge in [0.1, 0.15) is 24.4 Å². The van der Waals surface area contributed by atoms with Crippen LogP contribution in [0, 0.1) is 0 Å². The second kappa shape index (κ2) is 16.4. The van der Waals surface area contributed by atoms with Gasteiger partial charge in [-0.25, -0.2) is 0 Å². The van der Waals surface area contributed by atoms with Crippen LogP contribution in [0.1, 0.15) is 66.2 Å². The smallest absolute Gasteiger partial charge is 0.104 e. The molecule has 0 aliphatic carbocycles. The van der Waals surface area contributed by atoms with Crippen LogP contribution < -0.4 is 0 Å². The van der Waals surface area contributed by atoms with E-state index in [1.807, 2.05) is 0 Å². The number of hydrogen-bond acceptors (Lipinski definition) is 7. The molecule has 184 valence electrons. The summed E-state index contributed by atoms with van der Waals surface area (Å²) in [5.74, 6) is 0. The first-order valence-electron chi connectivity index (χ1n) is 12.5. The van der Waals surface area contributed by atoms with Gasteiger partial charge < -0.3 is 33.2 Å². The molecule has 2 aliphatic heterocycles. The molecule has 0 radical (unpaired) electrons. The van der Waals surface area contributed by atoms with Gasteiger partial charge in [0.05, 0.1) is 65.1 Å². The fraction of sp³-hybridized carbons (Fsp3) is 1.00. The zero-order valence-electron chi connectivity index (χ0n) is 20.2. The van der Waals surface area contributed by atoms with E-state index >= 15 is 0 Å². The molecular formula is C24H46O7. The monoisotopic (exact) mass is 446 g/mol. The van der Waals surface area contributed by atoms with Gasteiger partial charge in [-0.15, -0.1) is 0 Å². The van der Waals surface area contributed by atoms with Gasteiger partial charge in [0.25, 0.3) is 0 Å². The number of hydrogen-bond donors (Lipinski definition) is 0. The Balaban J connectivity index is 1.49. The SMILES string of the molecule is CCCCC(CC)OCC1COC(COCC2COC(COC(CC)CC)CO2)CO1. The second-order valence-corrected chi connectivity index (χ2v) is 8.64. The lowest BCUT2D eigenvalue weighted by Crippen LogP contribution is -2.43. The van der Waals surface area contributed by atoms with Crippen LogP contribution in [-0.2, 0) is 33.2 Å². The highest BCUT2D eigenvalue weighted by atomic mass is 16.6. The van der Waals surface area contributed by atoms with E-state index in [2.05, 4.69) is 27.7 Å². The predicted molar refractivity (Wildman–Crippen MR) is 120 cm³/mol. The van der Waals surface area contributed by atoms with Crippen molar-refractivity contribution in [2.45, 2.75) is 103 Å². The predicted octanol–water partition coefficient (Wildman–Crippen LogP) is 3.76. The van der Waals surface area contributed by atoms with Gasteiger partial charge in [0, 0.05) is 0 Å². The van der Waals surface area contributed by atoms with E-state index in [4.69, 9.17) is 33.2 Å². The average Bonchev–Trinajstić information content (AvgIpc) is 2.81. The van der Waals surface area contributed by atoms with E-state index in [9.17, 15) is 0 Å². The molecule has 31 heavy (non-hydrogen) atoms. The number of rotatable bonds is 16. The summed E-state index contributed by atoms with van der Waals surface area (Å²) < 4.78 is 41.2. The fourth-order valence-electron chi connectivity index (χ4n) is 3.73. The van der Waals surface area contributed by atoms with Crippen LogP contribution in [0.4, 0.5) is 0 Å². The molecule has 7 heteroatoms. The maximum atomic E-state index is 6.00. The molecule has 0 aromatic heterocycles. The van der Waals surface area contributed by atoms with E-state index in [-0.39, 0.29) is 24.4 Å². The summed E-state index contributed by atoms with van der Waals surface area (Å²) in [6, 6.07) is 0. The molecule has 2 saturated heterocycles. The highest BCUT2D eigenvalue weighted by Gasteiger charge is 2.26. The summed E-state index contributed by atoms with van der Waals surface area (Å²) in [7, 11) is 0. The molecule has 0 spiro atoms. The van der Waals surface area contributed by atoms with Crippen molar-refractivity contribution in [3.63, 3.8) is 0 Å². The first-order chi connectivity index (χ1) is 15.2. The Morgan fingerprint density at radius 3 is 1.42 bits per heavy atom. The minimum absolute atomic E-state index is 0.0142. The molecular weight excluding hydrogens is 400 g/mol. The van der Waals surface area contributed by atoms with Crippen molar-refractivity contribution in [2.75, 3.05) is 52.9 Å². The van der Waals surface area contributed by atoms with Crippen molar-refractivity contribution in [1.29, 1.82) is 0 Å². The second-order valence-electron chi connectivity index (χ2n) is 8.64. The van der Waals surface area contributed by atoms with Gasteiger partial charge in [0.2, 0.25) is 0 Å². The highest BCUT2D eigenvalue weighted by molar-refractivity contribution is 4.71. The maximum Gasteiger partial charge on any atom is 0.104 e. The van der Waals surface area contributed by atoms with Crippen LogP contribution in [0.25, 0.3) is 0 Å². The maximum absolute atomic E-state index is 6.00. The summed E-state index contributed by atoms with van der Waals surface area (Å²) in [4.78, 5) is 0. The Kier molecular flexibility index (Phi) is 14.2. The Labute approximate surface area is 189 Å². The summed E-state index contributed by atoms with van der Waals surface area (Å²) in [5, 5.41) is 0. The van der Waals surface area contributed by atoms with Crippen molar-refractivity contribution in [3.05, 3.63) is 0 Å². The van der Waals surface area contributed by atoms with Crippen molar-refractivity contribution < 1.29 is 33.2 Å². The van der Waals surface area contributed by atoms with E-state index in [1.54, 1.807) is 0 Å². The summed E-state index contributed by atoms with van der Waals surface area (Å²) in [6.07, 6.45) is 7.22. The van der Waals surface area contributed by atoms with Gasteiger partial charge in [-0.05, 0) is 25.7 Å². The topological polar surface area (TPSA) is 64.6 Å². The summed E-state index contributed by atoms with van der Waals surface area (Å²) >= 11 is 0. The highest BCUT2D eigenvalue weighted by Crippen LogP contribution is 2.14. The zero-order valence-corrected chi connectivity index (χ0v) is 20.2. The van der Waals surface area contributed by atoms with E-state index in [0.29, 0.717) is 65.1 Å². The molecule has 0 aromatic rings. The van der Waals surface area contributed by atoms with Gasteiger partial charge >= 0.3 is 0 Å². The third-order valence-corrected chi connectivity index (χ3v) is 5.96. The van der Waals surface area contributed by atoms with Gasteiger partial charge in [0.15, 0.2) is 0 Å². The van der Waals surface area contributed by atoms with Crippen molar-refractivity contribution in [3.8, 4) is 0 Å². The third kappa shape index (κ3) is 10.9. The molecule has 5 atom stereocenters. The standard InChI is InChI=1S/C24H46O7/c1-5-9-10-20(8-4)27-16-24-18-29-22(14-31-24)12-25-11-21-13-30-23(17-28-21)15-26-19(6-2)7-3/h19-24H,5-18H2,1-4H3. The molecule has 0 aromatic carbocycles. The molecule has 2 aliphatic rings. The summed E-state index contributed by atoms with van der Waals surface area (Å²) in [5.41, 5.74) is 0. The van der Waals surface area contributed by atoms with Crippen LogP contribution in [0.2, 0.25) is 0 Å². The molecule has 0 saturated carbocycles. The Morgan fingerprint density at radius 2 is 1.03 bits per heavy atom. The van der Waals surface area contributed by atoms with E-state index in [1.165, 1.54) is 12.8 Å². The lowest BCUT2D eigenvalue weighted by Gasteiger charge is -2.32. The first-order valence-corrected chi connectivity index (χ1v) is 12.5. The lowest BCUT2D eigenvalue weighted by molar-refractivity contribution is -0.190. The fourth-order valence-corrected chi connectivity index (χ4v) is 3.73. The molecule has 5 unspecified atom stereocenters. The third-order valence-electron chi connectivity index (χ3n) is 5.96. The van der Waals surface area contributed by atoms with Gasteiger partial charge in [-0.3, -0.25) is 0 Å². The van der Waals surface area contributed by atoms with Crippen LogP contribution in [0.15, 0.2) is 0 Å². The zero-order chi connectivity index (χ0) is 22.3. The largest absolute Gasteiger partial charge is 0.376 e. The van der Waals surface area contributed by atoms with Crippen LogP contribution in [0.5, 0.6) is 0 Å². The minimum Gasteiger partial charge on any atom is -0.376 e. The number of unbranched alkanes of at least 4 members (excludes halogenated alkanes) is 1.